The van der Waals surface area contributed by atoms with Crippen molar-refractivity contribution in [3.05, 3.63) is 0 Å². The number of rotatable bonds is 6. The van der Waals surface area contributed by atoms with Gasteiger partial charge in [-0.1, -0.05) is 42.6 Å². The second kappa shape index (κ2) is 5.85. The zero-order valence-electron chi connectivity index (χ0n) is 10.3. The lowest BCUT2D eigenvalue weighted by Crippen LogP contribution is -2.35. The van der Waals surface area contributed by atoms with Crippen LogP contribution in [0.5, 0.6) is 0 Å². The average Bonchev–Trinajstić information content (AvgIpc) is 2.80. The molecule has 96 valence electrons. The predicted molar refractivity (Wildman–Crippen MR) is 72.9 cm³/mol. The molecule has 0 heterocycles. The van der Waals surface area contributed by atoms with Gasteiger partial charge in [0.25, 0.3) is 0 Å². The predicted octanol–water partition coefficient (Wildman–Crippen LogP) is 3.55. The molecule has 1 fully saturated rings. The quantitative estimate of drug-likeness (QED) is 0.703. The van der Waals surface area contributed by atoms with Crippen LogP contribution < -0.4 is 0 Å². The summed E-state index contributed by atoms with van der Waals surface area (Å²) in [4.78, 5) is 0. The zero-order valence-corrected chi connectivity index (χ0v) is 12.7. The Morgan fingerprint density at radius 3 is 2.06 bits per heavy atom. The highest BCUT2D eigenvalue weighted by atomic mass is 79.9. The van der Waals surface area contributed by atoms with Gasteiger partial charge in [-0.15, -0.1) is 0 Å². The van der Waals surface area contributed by atoms with Crippen LogP contribution in [0.2, 0.25) is 0 Å². The largest absolute Gasteiger partial charge is 0.229 e. The molecule has 0 amide bonds. The van der Waals surface area contributed by atoms with E-state index in [4.69, 9.17) is 0 Å². The van der Waals surface area contributed by atoms with Crippen molar-refractivity contribution < 1.29 is 8.42 Å². The molecule has 0 unspecified atom stereocenters. The van der Waals surface area contributed by atoms with Gasteiger partial charge in [0.05, 0.1) is 11.0 Å². The van der Waals surface area contributed by atoms with Crippen molar-refractivity contribution in [1.29, 1.82) is 0 Å². The maximum atomic E-state index is 12.3. The van der Waals surface area contributed by atoms with Crippen molar-refractivity contribution >= 4 is 25.8 Å². The van der Waals surface area contributed by atoms with E-state index < -0.39 is 9.84 Å². The first kappa shape index (κ1) is 14.5. The molecule has 1 aliphatic carbocycles. The van der Waals surface area contributed by atoms with Gasteiger partial charge in [-0.3, -0.25) is 0 Å². The summed E-state index contributed by atoms with van der Waals surface area (Å²) >= 11 is 3.49. The van der Waals surface area contributed by atoms with Gasteiger partial charge in [0.1, 0.15) is 0 Å². The Morgan fingerprint density at radius 2 is 1.69 bits per heavy atom. The molecule has 0 aromatic carbocycles. The maximum Gasteiger partial charge on any atom is 0.153 e. The summed E-state index contributed by atoms with van der Waals surface area (Å²) in [5, 5.41) is 0.739. The van der Waals surface area contributed by atoms with Crippen LogP contribution in [-0.2, 0) is 9.84 Å². The fourth-order valence-electron chi connectivity index (χ4n) is 2.47. The highest BCUT2D eigenvalue weighted by Crippen LogP contribution is 2.34. The second-order valence-electron chi connectivity index (χ2n) is 5.05. The van der Waals surface area contributed by atoms with Gasteiger partial charge < -0.3 is 0 Å². The molecule has 0 radical (unpaired) electrons. The molecule has 0 aromatic rings. The first-order valence-corrected chi connectivity index (χ1v) is 9.11. The Bertz CT molecular complexity index is 293. The highest BCUT2D eigenvalue weighted by Gasteiger charge is 2.36. The van der Waals surface area contributed by atoms with E-state index in [9.17, 15) is 8.42 Å². The molecule has 0 saturated heterocycles. The lowest BCUT2D eigenvalue weighted by molar-refractivity contribution is 0.349. The molecule has 4 heteroatoms. The maximum absolute atomic E-state index is 12.3. The van der Waals surface area contributed by atoms with Crippen LogP contribution in [0.4, 0.5) is 0 Å². The Kier molecular flexibility index (Phi) is 5.30. The molecular weight excluding hydrogens is 288 g/mol. The first-order valence-electron chi connectivity index (χ1n) is 6.27. The fraction of sp³-hybridized carbons (Fsp3) is 1.00. The summed E-state index contributed by atoms with van der Waals surface area (Å²) in [7, 11) is -2.88. The minimum atomic E-state index is -2.88. The van der Waals surface area contributed by atoms with Crippen LogP contribution in [0.1, 0.15) is 52.4 Å². The van der Waals surface area contributed by atoms with Crippen molar-refractivity contribution in [2.45, 2.75) is 57.6 Å². The van der Waals surface area contributed by atoms with Crippen molar-refractivity contribution in [1.82, 2.24) is 0 Å². The normalized spacial score (nSPS) is 19.2. The Balaban J connectivity index is 2.76. The van der Waals surface area contributed by atoms with Crippen LogP contribution in [0.15, 0.2) is 0 Å². The number of alkyl halides is 1. The number of halogens is 1. The zero-order chi connectivity index (χ0) is 12.2. The van der Waals surface area contributed by atoms with Crippen molar-refractivity contribution in [2.24, 2.45) is 5.41 Å². The topological polar surface area (TPSA) is 34.1 Å². The van der Waals surface area contributed by atoms with E-state index in [1.54, 1.807) is 0 Å². The van der Waals surface area contributed by atoms with Crippen LogP contribution in [-0.4, -0.2) is 24.8 Å². The molecule has 0 bridgehead atoms. The van der Waals surface area contributed by atoms with Crippen LogP contribution in [0, 0.1) is 5.41 Å². The summed E-state index contributed by atoms with van der Waals surface area (Å²) in [5.74, 6) is 0.364. The number of hydrogen-bond donors (Lipinski definition) is 0. The van der Waals surface area contributed by atoms with E-state index in [2.05, 4.69) is 29.8 Å². The monoisotopic (exact) mass is 310 g/mol. The molecule has 0 atom stereocenters. The molecule has 0 aromatic heterocycles. The summed E-state index contributed by atoms with van der Waals surface area (Å²) in [6.07, 6.45) is 5.80. The third kappa shape index (κ3) is 3.22. The van der Waals surface area contributed by atoms with E-state index >= 15 is 0 Å². The standard InChI is InChI=1S/C12H23BrO2S/c1-3-12(4-2,9-13)10-16(14,15)11-7-5-6-8-11/h11H,3-10H2,1-2H3. The van der Waals surface area contributed by atoms with Gasteiger partial charge in [-0.2, -0.15) is 0 Å². The fourth-order valence-corrected chi connectivity index (χ4v) is 6.38. The molecule has 0 aliphatic heterocycles. The van der Waals surface area contributed by atoms with E-state index in [1.165, 1.54) is 0 Å². The van der Waals surface area contributed by atoms with Crippen LogP contribution >= 0.6 is 15.9 Å². The minimum absolute atomic E-state index is 0.0518. The minimum Gasteiger partial charge on any atom is -0.229 e. The van der Waals surface area contributed by atoms with Gasteiger partial charge in [-0.25, -0.2) is 8.42 Å². The summed E-state index contributed by atoms with van der Waals surface area (Å²) < 4.78 is 24.6. The van der Waals surface area contributed by atoms with E-state index in [0.29, 0.717) is 5.75 Å². The molecule has 1 aliphatic rings. The average molecular weight is 311 g/mol. The van der Waals surface area contributed by atoms with Crippen molar-refractivity contribution in [3.63, 3.8) is 0 Å². The lowest BCUT2D eigenvalue weighted by atomic mass is 9.87. The SMILES string of the molecule is CCC(CC)(CBr)CS(=O)(=O)C1CCCC1. The van der Waals surface area contributed by atoms with Gasteiger partial charge in [0.2, 0.25) is 0 Å². The molecule has 0 N–H and O–H groups in total. The van der Waals surface area contributed by atoms with Crippen molar-refractivity contribution in [3.8, 4) is 0 Å². The molecule has 0 spiro atoms. The second-order valence-corrected chi connectivity index (χ2v) is 7.90. The van der Waals surface area contributed by atoms with Crippen molar-refractivity contribution in [2.75, 3.05) is 11.1 Å². The highest BCUT2D eigenvalue weighted by molar-refractivity contribution is 9.09. The molecule has 1 saturated carbocycles. The van der Waals surface area contributed by atoms with Crippen LogP contribution in [0.25, 0.3) is 0 Å². The Morgan fingerprint density at radius 1 is 1.19 bits per heavy atom. The summed E-state index contributed by atoms with van der Waals surface area (Å²) in [6, 6.07) is 0. The van der Waals surface area contributed by atoms with Crippen LogP contribution in [0.3, 0.4) is 0 Å². The van der Waals surface area contributed by atoms with Gasteiger partial charge >= 0.3 is 0 Å². The Labute approximate surface area is 108 Å². The smallest absolute Gasteiger partial charge is 0.153 e. The summed E-state index contributed by atoms with van der Waals surface area (Å²) in [6.45, 7) is 4.18. The molecule has 16 heavy (non-hydrogen) atoms. The van der Waals surface area contributed by atoms with E-state index in [0.717, 1.165) is 43.9 Å². The Hall–Kier alpha value is 0.430. The number of hydrogen-bond acceptors (Lipinski definition) is 2. The summed E-state index contributed by atoms with van der Waals surface area (Å²) in [5.41, 5.74) is -0.0541. The molecule has 1 rings (SSSR count). The molecule has 2 nitrogen and oxygen atoms in total. The third-order valence-corrected chi connectivity index (χ3v) is 7.79. The van der Waals surface area contributed by atoms with Gasteiger partial charge in [0, 0.05) is 5.33 Å². The lowest BCUT2D eigenvalue weighted by Gasteiger charge is -2.30. The van der Waals surface area contributed by atoms with Gasteiger partial charge in [0.15, 0.2) is 9.84 Å². The van der Waals surface area contributed by atoms with E-state index in [1.807, 2.05) is 0 Å². The van der Waals surface area contributed by atoms with E-state index in [-0.39, 0.29) is 10.7 Å². The number of sulfone groups is 1. The third-order valence-electron chi connectivity index (χ3n) is 4.10. The van der Waals surface area contributed by atoms with Gasteiger partial charge in [-0.05, 0) is 31.1 Å². The molecular formula is C12H23BrO2S. The first-order chi connectivity index (χ1) is 7.49.